The lowest BCUT2D eigenvalue weighted by molar-refractivity contribution is -0.134. The summed E-state index contributed by atoms with van der Waals surface area (Å²) in [6.45, 7) is 3.92. The van der Waals surface area contributed by atoms with Gasteiger partial charge in [-0.05, 0) is 31.5 Å². The minimum atomic E-state index is -0.429. The lowest BCUT2D eigenvalue weighted by atomic mass is 10.0. The molecule has 1 amide bonds. The van der Waals surface area contributed by atoms with E-state index in [0.717, 1.165) is 0 Å². The predicted molar refractivity (Wildman–Crippen MR) is 65.5 cm³/mol. The summed E-state index contributed by atoms with van der Waals surface area (Å²) in [7, 11) is 0. The molecule has 0 aromatic heterocycles. The number of likely N-dealkylation sites (tertiary alicyclic amines) is 1. The minimum Gasteiger partial charge on any atom is -0.330 e. The fraction of sp³-hybridized carbons (Fsp3) is 0.429. The number of Topliss-reactive ketones (excluding diaryl/α,β-unsaturated/α-hetero) is 1. The maximum atomic E-state index is 13.0. The zero-order valence-electron chi connectivity index (χ0n) is 10.6. The topological polar surface area (TPSA) is 37.4 Å². The maximum Gasteiger partial charge on any atom is 0.227 e. The highest BCUT2D eigenvalue weighted by Crippen LogP contribution is 2.26. The molecular weight excluding hydrogens is 233 g/mol. The highest BCUT2D eigenvalue weighted by Gasteiger charge is 2.39. The molecule has 2 rings (SSSR count). The van der Waals surface area contributed by atoms with E-state index in [2.05, 4.69) is 0 Å². The highest BCUT2D eigenvalue weighted by atomic mass is 19.1. The molecule has 1 fully saturated rings. The van der Waals surface area contributed by atoms with Gasteiger partial charge in [0.05, 0.1) is 13.0 Å². The van der Waals surface area contributed by atoms with Crippen molar-refractivity contribution in [3.05, 3.63) is 35.6 Å². The third-order valence-electron chi connectivity index (χ3n) is 3.24. The van der Waals surface area contributed by atoms with Crippen molar-refractivity contribution in [3.8, 4) is 0 Å². The number of nitrogens with zero attached hydrogens (tertiary/aromatic N) is 1. The Balaban J connectivity index is 2.11. The molecule has 1 aliphatic heterocycles. The molecule has 0 spiro atoms. The quantitative estimate of drug-likeness (QED) is 0.803. The Labute approximate surface area is 106 Å². The van der Waals surface area contributed by atoms with Crippen LogP contribution in [0.2, 0.25) is 0 Å². The number of carbonyl (C=O) groups is 2. The SMILES string of the molecule is CC1(C)CC(=O)CN1C(=O)Cc1cccc(F)c1. The molecule has 96 valence electrons. The Morgan fingerprint density at radius 1 is 1.44 bits per heavy atom. The summed E-state index contributed by atoms with van der Waals surface area (Å²) in [5, 5.41) is 0. The Bertz CT molecular complexity index is 496. The van der Waals surface area contributed by atoms with Crippen LogP contribution < -0.4 is 0 Å². The first kappa shape index (κ1) is 12.7. The number of amides is 1. The molecule has 0 bridgehead atoms. The first-order valence-corrected chi connectivity index (χ1v) is 5.95. The second-order valence-electron chi connectivity index (χ2n) is 5.31. The Morgan fingerprint density at radius 2 is 2.17 bits per heavy atom. The van der Waals surface area contributed by atoms with E-state index in [4.69, 9.17) is 0 Å². The van der Waals surface area contributed by atoms with Gasteiger partial charge in [-0.2, -0.15) is 0 Å². The summed E-state index contributed by atoms with van der Waals surface area (Å²) in [4.78, 5) is 25.1. The molecule has 0 atom stereocenters. The lowest BCUT2D eigenvalue weighted by Crippen LogP contribution is -2.43. The molecule has 1 heterocycles. The van der Waals surface area contributed by atoms with Gasteiger partial charge >= 0.3 is 0 Å². The third-order valence-corrected chi connectivity index (χ3v) is 3.24. The highest BCUT2D eigenvalue weighted by molar-refractivity contribution is 5.91. The van der Waals surface area contributed by atoms with Crippen molar-refractivity contribution >= 4 is 11.7 Å². The van der Waals surface area contributed by atoms with Crippen LogP contribution in [0, 0.1) is 5.82 Å². The van der Waals surface area contributed by atoms with Gasteiger partial charge in [-0.15, -0.1) is 0 Å². The molecule has 18 heavy (non-hydrogen) atoms. The van der Waals surface area contributed by atoms with Crippen LogP contribution in [0.1, 0.15) is 25.8 Å². The third kappa shape index (κ3) is 2.58. The average molecular weight is 249 g/mol. The average Bonchev–Trinajstić information content (AvgIpc) is 2.51. The van der Waals surface area contributed by atoms with Crippen molar-refractivity contribution in [2.24, 2.45) is 0 Å². The van der Waals surface area contributed by atoms with Crippen molar-refractivity contribution in [2.45, 2.75) is 32.2 Å². The largest absolute Gasteiger partial charge is 0.330 e. The molecule has 3 nitrogen and oxygen atoms in total. The van der Waals surface area contributed by atoms with Crippen molar-refractivity contribution in [1.29, 1.82) is 0 Å². The van der Waals surface area contributed by atoms with E-state index in [1.807, 2.05) is 13.8 Å². The van der Waals surface area contributed by atoms with Gasteiger partial charge in [-0.1, -0.05) is 12.1 Å². The van der Waals surface area contributed by atoms with Crippen LogP contribution in [0.3, 0.4) is 0 Å². The van der Waals surface area contributed by atoms with Crippen LogP contribution in [-0.4, -0.2) is 28.7 Å². The van der Waals surface area contributed by atoms with Gasteiger partial charge in [-0.25, -0.2) is 4.39 Å². The number of hydrogen-bond acceptors (Lipinski definition) is 2. The van der Waals surface area contributed by atoms with Crippen LogP contribution in [0.25, 0.3) is 0 Å². The molecule has 1 saturated heterocycles. The molecule has 0 N–H and O–H groups in total. The molecule has 0 aliphatic carbocycles. The second-order valence-corrected chi connectivity index (χ2v) is 5.31. The van der Waals surface area contributed by atoms with Gasteiger partial charge in [0, 0.05) is 12.0 Å². The zero-order chi connectivity index (χ0) is 13.3. The van der Waals surface area contributed by atoms with Crippen LogP contribution >= 0.6 is 0 Å². The normalized spacial score (nSPS) is 18.2. The second kappa shape index (κ2) is 4.52. The number of carbonyl (C=O) groups excluding carboxylic acids is 2. The summed E-state index contributed by atoms with van der Waals surface area (Å²) in [5.74, 6) is -0.402. The van der Waals surface area contributed by atoms with E-state index < -0.39 is 5.54 Å². The number of hydrogen-bond donors (Lipinski definition) is 0. The molecule has 0 radical (unpaired) electrons. The van der Waals surface area contributed by atoms with Crippen molar-refractivity contribution < 1.29 is 14.0 Å². The molecule has 1 aliphatic rings. The summed E-state index contributed by atoms with van der Waals surface area (Å²) in [6.07, 6.45) is 0.524. The summed E-state index contributed by atoms with van der Waals surface area (Å²) < 4.78 is 13.0. The monoisotopic (exact) mass is 249 g/mol. The van der Waals surface area contributed by atoms with Gasteiger partial charge in [0.25, 0.3) is 0 Å². The Hall–Kier alpha value is -1.71. The Morgan fingerprint density at radius 3 is 2.72 bits per heavy atom. The maximum absolute atomic E-state index is 13.0. The van der Waals surface area contributed by atoms with E-state index in [0.29, 0.717) is 12.0 Å². The zero-order valence-corrected chi connectivity index (χ0v) is 10.6. The number of ketones is 1. The standard InChI is InChI=1S/C14H16FNO2/c1-14(2)8-12(17)9-16(14)13(18)7-10-4-3-5-11(15)6-10/h3-6H,7-9H2,1-2H3. The van der Waals surface area contributed by atoms with Crippen LogP contribution in [-0.2, 0) is 16.0 Å². The molecular formula is C14H16FNO2. The van der Waals surface area contributed by atoms with Gasteiger partial charge in [0.1, 0.15) is 5.82 Å². The van der Waals surface area contributed by atoms with Crippen LogP contribution in [0.5, 0.6) is 0 Å². The fourth-order valence-electron chi connectivity index (χ4n) is 2.37. The first-order chi connectivity index (χ1) is 8.38. The van der Waals surface area contributed by atoms with Crippen LogP contribution in [0.15, 0.2) is 24.3 Å². The Kier molecular flexibility index (Phi) is 3.20. The van der Waals surface area contributed by atoms with Gasteiger partial charge < -0.3 is 4.90 Å². The molecule has 0 saturated carbocycles. The lowest BCUT2D eigenvalue weighted by Gasteiger charge is -2.30. The minimum absolute atomic E-state index is 0.0765. The summed E-state index contributed by atoms with van der Waals surface area (Å²) in [6, 6.07) is 5.99. The summed E-state index contributed by atoms with van der Waals surface area (Å²) >= 11 is 0. The van der Waals surface area contributed by atoms with E-state index in [9.17, 15) is 14.0 Å². The van der Waals surface area contributed by atoms with E-state index in [1.54, 1.807) is 17.0 Å². The van der Waals surface area contributed by atoms with Crippen molar-refractivity contribution in [1.82, 2.24) is 4.90 Å². The number of halogens is 1. The van der Waals surface area contributed by atoms with Gasteiger partial charge in [0.15, 0.2) is 5.78 Å². The molecule has 4 heteroatoms. The van der Waals surface area contributed by atoms with E-state index in [-0.39, 0.29) is 30.5 Å². The predicted octanol–water partition coefficient (Wildman–Crippen LogP) is 1.95. The van der Waals surface area contributed by atoms with Crippen molar-refractivity contribution in [2.75, 3.05) is 6.54 Å². The molecule has 0 unspecified atom stereocenters. The smallest absolute Gasteiger partial charge is 0.227 e. The van der Waals surface area contributed by atoms with Gasteiger partial charge in [-0.3, -0.25) is 9.59 Å². The first-order valence-electron chi connectivity index (χ1n) is 5.95. The van der Waals surface area contributed by atoms with E-state index in [1.165, 1.54) is 12.1 Å². The van der Waals surface area contributed by atoms with Gasteiger partial charge in [0.2, 0.25) is 5.91 Å². The number of benzene rings is 1. The van der Waals surface area contributed by atoms with E-state index >= 15 is 0 Å². The molecule has 1 aromatic carbocycles. The summed E-state index contributed by atoms with van der Waals surface area (Å²) in [5.41, 5.74) is 0.205. The van der Waals surface area contributed by atoms with Crippen molar-refractivity contribution in [3.63, 3.8) is 0 Å². The van der Waals surface area contributed by atoms with Crippen LogP contribution in [0.4, 0.5) is 4.39 Å². The molecule has 1 aromatic rings. The fourth-order valence-corrected chi connectivity index (χ4v) is 2.37. The number of rotatable bonds is 2.